The Balaban J connectivity index is 2.17. The van der Waals surface area contributed by atoms with Crippen molar-refractivity contribution in [3.63, 3.8) is 0 Å². The second-order valence-electron chi connectivity index (χ2n) is 3.20. The second-order valence-corrected chi connectivity index (χ2v) is 4.66. The smallest absolute Gasteiger partial charge is 0.234 e. The summed E-state index contributed by atoms with van der Waals surface area (Å²) >= 11 is 5.70. The maximum Gasteiger partial charge on any atom is 0.234 e. The normalized spacial score (nSPS) is 14.3. The first-order chi connectivity index (χ1) is 7.29. The Morgan fingerprint density at radius 2 is 2.40 bits per heavy atom. The third-order valence-corrected chi connectivity index (χ3v) is 3.35. The first-order valence-electron chi connectivity index (χ1n) is 4.71. The van der Waals surface area contributed by atoms with E-state index in [9.17, 15) is 4.79 Å². The van der Waals surface area contributed by atoms with Crippen LogP contribution in [0.1, 0.15) is 0 Å². The summed E-state index contributed by atoms with van der Waals surface area (Å²) in [7, 11) is 0. The lowest BCUT2D eigenvalue weighted by atomic mass is 10.2. The van der Waals surface area contributed by atoms with Crippen molar-refractivity contribution in [3.8, 4) is 0 Å². The van der Waals surface area contributed by atoms with Crippen LogP contribution in [0, 0.1) is 0 Å². The van der Waals surface area contributed by atoms with Crippen LogP contribution in [-0.4, -0.2) is 24.0 Å². The van der Waals surface area contributed by atoms with Crippen molar-refractivity contribution in [3.05, 3.63) is 18.2 Å². The molecule has 1 heterocycles. The van der Waals surface area contributed by atoms with Crippen molar-refractivity contribution >= 4 is 41.7 Å². The number of carbonyl (C=O) groups is 1. The number of fused-ring (bicyclic) bond motifs is 1. The van der Waals surface area contributed by atoms with Crippen molar-refractivity contribution in [1.82, 2.24) is 0 Å². The van der Waals surface area contributed by atoms with Crippen LogP contribution in [0.25, 0.3) is 0 Å². The molecular formula is C10H12N2OS2. The molecule has 0 aliphatic carbocycles. The highest BCUT2D eigenvalue weighted by Gasteiger charge is 2.14. The number of hydrogen-bond acceptors (Lipinski definition) is 4. The maximum absolute atomic E-state index is 11.2. The fourth-order valence-electron chi connectivity index (χ4n) is 1.39. The molecule has 5 heteroatoms. The van der Waals surface area contributed by atoms with E-state index >= 15 is 0 Å². The van der Waals surface area contributed by atoms with Crippen LogP contribution in [0.3, 0.4) is 0 Å². The third kappa shape index (κ3) is 2.60. The fourth-order valence-corrected chi connectivity index (χ4v) is 2.29. The quantitative estimate of drug-likeness (QED) is 0.709. The van der Waals surface area contributed by atoms with Crippen LogP contribution in [0.5, 0.6) is 0 Å². The Labute approximate surface area is 98.4 Å². The van der Waals surface area contributed by atoms with Gasteiger partial charge in [-0.2, -0.15) is 12.6 Å². The molecule has 0 unspecified atom stereocenters. The van der Waals surface area contributed by atoms with Crippen molar-refractivity contribution in [2.24, 2.45) is 0 Å². The van der Waals surface area contributed by atoms with Crippen molar-refractivity contribution in [2.45, 2.75) is 4.90 Å². The summed E-state index contributed by atoms with van der Waals surface area (Å²) in [5.74, 6) is 1.37. The third-order valence-electron chi connectivity index (χ3n) is 2.05. The summed E-state index contributed by atoms with van der Waals surface area (Å²) in [5.41, 5.74) is 1.92. The van der Waals surface area contributed by atoms with Gasteiger partial charge in [0.25, 0.3) is 0 Å². The number of nitrogens with one attached hydrogen (secondary N) is 2. The van der Waals surface area contributed by atoms with Crippen LogP contribution in [0.2, 0.25) is 0 Å². The fraction of sp³-hybridized carbons (Fsp3) is 0.300. The zero-order valence-corrected chi connectivity index (χ0v) is 9.83. The molecule has 2 N–H and O–H groups in total. The minimum Gasteiger partial charge on any atom is -0.384 e. The Kier molecular flexibility index (Phi) is 3.43. The minimum atomic E-state index is 0.0684. The van der Waals surface area contributed by atoms with Gasteiger partial charge in [0.15, 0.2) is 0 Å². The van der Waals surface area contributed by atoms with Crippen LogP contribution in [0.4, 0.5) is 11.4 Å². The predicted molar refractivity (Wildman–Crippen MR) is 68.1 cm³/mol. The number of thioether (sulfide) groups is 1. The molecule has 0 atom stereocenters. The van der Waals surface area contributed by atoms with E-state index in [1.54, 1.807) is 11.8 Å². The molecule has 0 spiro atoms. The van der Waals surface area contributed by atoms with E-state index in [1.807, 2.05) is 18.2 Å². The molecule has 3 nitrogen and oxygen atoms in total. The van der Waals surface area contributed by atoms with Gasteiger partial charge in [0, 0.05) is 22.9 Å². The molecule has 0 bridgehead atoms. The molecule has 0 aromatic heterocycles. The molecule has 1 aromatic rings. The van der Waals surface area contributed by atoms with Gasteiger partial charge in [-0.15, -0.1) is 11.8 Å². The highest BCUT2D eigenvalue weighted by molar-refractivity contribution is 8.00. The molecule has 1 aromatic carbocycles. The second kappa shape index (κ2) is 4.81. The molecule has 0 saturated carbocycles. The van der Waals surface area contributed by atoms with Crippen LogP contribution < -0.4 is 10.6 Å². The molecule has 0 saturated heterocycles. The van der Waals surface area contributed by atoms with Gasteiger partial charge in [0.1, 0.15) is 0 Å². The molecule has 1 aliphatic heterocycles. The van der Waals surface area contributed by atoms with Gasteiger partial charge >= 0.3 is 0 Å². The first kappa shape index (κ1) is 10.7. The Hall–Kier alpha value is -0.810. The monoisotopic (exact) mass is 240 g/mol. The Morgan fingerprint density at radius 1 is 1.53 bits per heavy atom. The Bertz CT molecular complexity index is 382. The number of hydrogen-bond donors (Lipinski definition) is 3. The predicted octanol–water partition coefficient (Wildman–Crippen LogP) is 2.07. The first-order valence-corrected chi connectivity index (χ1v) is 6.33. The van der Waals surface area contributed by atoms with Crippen molar-refractivity contribution < 1.29 is 4.79 Å². The SMILES string of the molecule is O=C1CSc2ccc(NCCS)cc2N1. The lowest BCUT2D eigenvalue weighted by Gasteiger charge is -2.17. The summed E-state index contributed by atoms with van der Waals surface area (Å²) < 4.78 is 0. The van der Waals surface area contributed by atoms with Gasteiger partial charge in [-0.1, -0.05) is 0 Å². The lowest BCUT2D eigenvalue weighted by Crippen LogP contribution is -2.18. The minimum absolute atomic E-state index is 0.0684. The summed E-state index contributed by atoms with van der Waals surface area (Å²) in [4.78, 5) is 12.3. The molecule has 0 fully saturated rings. The number of amides is 1. The molecular weight excluding hydrogens is 228 g/mol. The average Bonchev–Trinajstić information content (AvgIpc) is 2.25. The number of anilines is 2. The molecule has 80 valence electrons. The highest BCUT2D eigenvalue weighted by atomic mass is 32.2. The average molecular weight is 240 g/mol. The van der Waals surface area contributed by atoms with Crippen LogP contribution in [0.15, 0.2) is 23.1 Å². The van der Waals surface area contributed by atoms with Gasteiger partial charge in [-0.25, -0.2) is 0 Å². The highest BCUT2D eigenvalue weighted by Crippen LogP contribution is 2.33. The van der Waals surface area contributed by atoms with E-state index in [-0.39, 0.29) is 5.91 Å². The summed E-state index contributed by atoms with van der Waals surface area (Å²) in [6.45, 7) is 0.822. The van der Waals surface area contributed by atoms with Crippen LogP contribution in [-0.2, 0) is 4.79 Å². The van der Waals surface area contributed by atoms with E-state index in [4.69, 9.17) is 0 Å². The van der Waals surface area contributed by atoms with Crippen molar-refractivity contribution in [1.29, 1.82) is 0 Å². The largest absolute Gasteiger partial charge is 0.384 e. The van der Waals surface area contributed by atoms with Gasteiger partial charge < -0.3 is 10.6 Å². The summed E-state index contributed by atoms with van der Waals surface area (Å²) in [5, 5.41) is 6.08. The van der Waals surface area contributed by atoms with Gasteiger partial charge in [0.05, 0.1) is 11.4 Å². The zero-order valence-electron chi connectivity index (χ0n) is 8.12. The van der Waals surface area contributed by atoms with E-state index in [0.29, 0.717) is 5.75 Å². The molecule has 1 amide bonds. The molecule has 15 heavy (non-hydrogen) atoms. The van der Waals surface area contributed by atoms with E-state index in [2.05, 4.69) is 23.3 Å². The summed E-state index contributed by atoms with van der Waals surface area (Å²) in [6.07, 6.45) is 0. The zero-order chi connectivity index (χ0) is 10.7. The Morgan fingerprint density at radius 3 is 3.20 bits per heavy atom. The summed E-state index contributed by atoms with van der Waals surface area (Å²) in [6, 6.07) is 6.01. The topological polar surface area (TPSA) is 41.1 Å². The standard InChI is InChI=1S/C10H12N2OS2/c13-10-6-15-9-2-1-7(11-3-4-14)5-8(9)12-10/h1-2,5,11,14H,3-4,6H2,(H,12,13). The van der Waals surface area contributed by atoms with Crippen molar-refractivity contribution in [2.75, 3.05) is 28.7 Å². The lowest BCUT2D eigenvalue weighted by molar-refractivity contribution is -0.113. The van der Waals surface area contributed by atoms with Gasteiger partial charge in [-0.3, -0.25) is 4.79 Å². The maximum atomic E-state index is 11.2. The number of rotatable bonds is 3. The number of carbonyl (C=O) groups excluding carboxylic acids is 1. The van der Waals surface area contributed by atoms with E-state index in [0.717, 1.165) is 28.6 Å². The van der Waals surface area contributed by atoms with Gasteiger partial charge in [0.2, 0.25) is 5.91 Å². The van der Waals surface area contributed by atoms with Crippen LogP contribution >= 0.6 is 24.4 Å². The molecule has 2 rings (SSSR count). The number of benzene rings is 1. The molecule has 1 aliphatic rings. The molecule has 0 radical (unpaired) electrons. The van der Waals surface area contributed by atoms with Gasteiger partial charge in [-0.05, 0) is 18.2 Å². The number of thiol groups is 1. The van der Waals surface area contributed by atoms with E-state index in [1.165, 1.54) is 0 Å². The van der Waals surface area contributed by atoms with E-state index < -0.39 is 0 Å².